The summed E-state index contributed by atoms with van der Waals surface area (Å²) in [4.78, 5) is 0. The Morgan fingerprint density at radius 1 is 1.20 bits per heavy atom. The van der Waals surface area contributed by atoms with Gasteiger partial charge in [-0.05, 0) is 12.8 Å². The van der Waals surface area contributed by atoms with Crippen molar-refractivity contribution in [3.05, 3.63) is 6.92 Å². The molecule has 54 valence electrons. The van der Waals surface area contributed by atoms with Crippen LogP contribution in [0.2, 0.25) is 0 Å². The average Bonchev–Trinajstić information content (AvgIpc) is 1.90. The number of alkyl halides is 1. The van der Waals surface area contributed by atoms with E-state index in [0.717, 1.165) is 38.0 Å². The first-order valence-electron chi connectivity index (χ1n) is 3.76. The number of hydrogen-bond acceptors (Lipinski definition) is 0. The van der Waals surface area contributed by atoms with Gasteiger partial charge in [0.15, 0.2) is 0 Å². The molecule has 0 heterocycles. The summed E-state index contributed by atoms with van der Waals surface area (Å²) >= 11 is 0. The fraction of sp³-hybridized carbons (Fsp3) is 0.875. The van der Waals surface area contributed by atoms with Crippen molar-refractivity contribution in [3.8, 4) is 0 Å². The van der Waals surface area contributed by atoms with Crippen molar-refractivity contribution in [2.45, 2.75) is 38.3 Å². The van der Waals surface area contributed by atoms with Crippen molar-refractivity contribution in [3.63, 3.8) is 0 Å². The molecule has 0 amide bonds. The molecule has 0 aromatic heterocycles. The number of rotatable bonds is 1. The Balaban J connectivity index is 0.000000810. The summed E-state index contributed by atoms with van der Waals surface area (Å²) in [5.41, 5.74) is 0. The van der Waals surface area contributed by atoms with Crippen molar-refractivity contribution in [1.82, 2.24) is 0 Å². The van der Waals surface area contributed by atoms with E-state index in [4.69, 9.17) is 0 Å². The SMILES string of the molecule is [CH2-]CC1CCC(F)CC1.[Rb+]. The van der Waals surface area contributed by atoms with Crippen LogP contribution >= 0.6 is 0 Å². The van der Waals surface area contributed by atoms with Gasteiger partial charge in [-0.3, -0.25) is 0 Å². The van der Waals surface area contributed by atoms with Crippen molar-refractivity contribution >= 4 is 0 Å². The first-order valence-corrected chi connectivity index (χ1v) is 3.76. The van der Waals surface area contributed by atoms with Crippen LogP contribution in [0.3, 0.4) is 0 Å². The van der Waals surface area contributed by atoms with E-state index in [2.05, 4.69) is 6.92 Å². The largest absolute Gasteiger partial charge is 1.00 e. The molecule has 0 N–H and O–H groups in total. The summed E-state index contributed by atoms with van der Waals surface area (Å²) in [6.07, 6.45) is 4.16. The molecule has 1 rings (SSSR count). The summed E-state index contributed by atoms with van der Waals surface area (Å²) in [7, 11) is 0. The molecule has 0 saturated heterocycles. The fourth-order valence-electron chi connectivity index (χ4n) is 1.41. The van der Waals surface area contributed by atoms with Crippen LogP contribution in [0.25, 0.3) is 0 Å². The van der Waals surface area contributed by atoms with Crippen LogP contribution in [0.5, 0.6) is 0 Å². The van der Waals surface area contributed by atoms with Gasteiger partial charge in [0.05, 0.1) is 0 Å². The summed E-state index contributed by atoms with van der Waals surface area (Å²) < 4.78 is 12.5. The van der Waals surface area contributed by atoms with E-state index in [0.29, 0.717) is 0 Å². The third-order valence-electron chi connectivity index (χ3n) is 2.18. The van der Waals surface area contributed by atoms with Crippen LogP contribution in [0.15, 0.2) is 0 Å². The first kappa shape index (κ1) is 11.7. The van der Waals surface area contributed by atoms with Crippen LogP contribution in [0.4, 0.5) is 4.39 Å². The Labute approximate surface area is 112 Å². The van der Waals surface area contributed by atoms with Gasteiger partial charge >= 0.3 is 58.2 Å². The molecule has 2 heteroatoms. The molecule has 0 atom stereocenters. The zero-order chi connectivity index (χ0) is 6.69. The second kappa shape index (κ2) is 6.27. The maximum atomic E-state index is 12.5. The summed E-state index contributed by atoms with van der Waals surface area (Å²) in [6.45, 7) is 3.81. The van der Waals surface area contributed by atoms with Gasteiger partial charge in [-0.15, -0.1) is 0 Å². The molecule has 0 radical (unpaired) electrons. The van der Waals surface area contributed by atoms with Crippen LogP contribution in [0.1, 0.15) is 32.1 Å². The Kier molecular flexibility index (Phi) is 7.36. The van der Waals surface area contributed by atoms with E-state index in [9.17, 15) is 4.39 Å². The Morgan fingerprint density at radius 2 is 1.70 bits per heavy atom. The predicted octanol–water partition coefficient (Wildman–Crippen LogP) is -0.257. The molecule has 0 unspecified atom stereocenters. The fourth-order valence-corrected chi connectivity index (χ4v) is 1.41. The first-order chi connectivity index (χ1) is 4.33. The monoisotopic (exact) mass is 214 g/mol. The van der Waals surface area contributed by atoms with Gasteiger partial charge < -0.3 is 6.92 Å². The molecule has 1 fully saturated rings. The molecule has 0 aromatic rings. The molecule has 1 aliphatic carbocycles. The van der Waals surface area contributed by atoms with Crippen molar-refractivity contribution in [2.75, 3.05) is 0 Å². The molecule has 1 aliphatic rings. The second-order valence-corrected chi connectivity index (χ2v) is 2.91. The van der Waals surface area contributed by atoms with Gasteiger partial charge in [0.1, 0.15) is 6.17 Å². The predicted molar refractivity (Wildman–Crippen MR) is 36.8 cm³/mol. The maximum absolute atomic E-state index is 12.5. The molecule has 0 nitrogen and oxygen atoms in total. The topological polar surface area (TPSA) is 0 Å². The van der Waals surface area contributed by atoms with Crippen LogP contribution in [-0.2, 0) is 0 Å². The van der Waals surface area contributed by atoms with Crippen molar-refractivity contribution < 1.29 is 62.6 Å². The molecule has 0 aliphatic heterocycles. The third kappa shape index (κ3) is 3.94. The average molecular weight is 215 g/mol. The zero-order valence-electron chi connectivity index (χ0n) is 6.78. The Bertz CT molecular complexity index is 77.3. The number of halogens is 1. The third-order valence-corrected chi connectivity index (χ3v) is 2.18. The van der Waals surface area contributed by atoms with E-state index in [1.807, 2.05) is 0 Å². The van der Waals surface area contributed by atoms with Crippen LogP contribution in [-0.4, -0.2) is 6.17 Å². The molecule has 0 spiro atoms. The van der Waals surface area contributed by atoms with E-state index >= 15 is 0 Å². The summed E-state index contributed by atoms with van der Waals surface area (Å²) in [5, 5.41) is 0. The normalized spacial score (nSPS) is 33.0. The van der Waals surface area contributed by atoms with Gasteiger partial charge in [0, 0.05) is 0 Å². The smallest absolute Gasteiger partial charge is 0.343 e. The zero-order valence-corrected chi connectivity index (χ0v) is 11.7. The van der Waals surface area contributed by atoms with E-state index in [1.54, 1.807) is 0 Å². The van der Waals surface area contributed by atoms with Crippen molar-refractivity contribution in [1.29, 1.82) is 0 Å². The molecule has 1 saturated carbocycles. The van der Waals surface area contributed by atoms with E-state index in [-0.39, 0.29) is 58.2 Å². The minimum atomic E-state index is -0.507. The molecular formula is C8H14FRb. The van der Waals surface area contributed by atoms with Gasteiger partial charge in [-0.2, -0.15) is 6.42 Å². The van der Waals surface area contributed by atoms with E-state index in [1.165, 1.54) is 0 Å². The van der Waals surface area contributed by atoms with Crippen LogP contribution < -0.4 is 58.2 Å². The van der Waals surface area contributed by atoms with Crippen LogP contribution in [0, 0.1) is 12.8 Å². The molecule has 0 bridgehead atoms. The van der Waals surface area contributed by atoms with Crippen molar-refractivity contribution in [2.24, 2.45) is 5.92 Å². The van der Waals surface area contributed by atoms with E-state index < -0.39 is 6.17 Å². The maximum Gasteiger partial charge on any atom is 1.00 e. The molecule has 0 aromatic carbocycles. The molecule has 10 heavy (non-hydrogen) atoms. The van der Waals surface area contributed by atoms with Gasteiger partial charge in [0.2, 0.25) is 0 Å². The minimum absolute atomic E-state index is 0. The van der Waals surface area contributed by atoms with Gasteiger partial charge in [0.25, 0.3) is 0 Å². The summed E-state index contributed by atoms with van der Waals surface area (Å²) in [5.74, 6) is 0.719. The standard InChI is InChI=1S/C8H14F.Rb/c1-2-7-3-5-8(9)6-4-7;/h7-8H,1-6H2;/q-1;+1. The van der Waals surface area contributed by atoms with Gasteiger partial charge in [-0.1, -0.05) is 18.8 Å². The quantitative estimate of drug-likeness (QED) is 0.528. The van der Waals surface area contributed by atoms with Gasteiger partial charge in [-0.25, -0.2) is 4.39 Å². The Hall–Kier alpha value is 1.74. The Morgan fingerprint density at radius 3 is 2.10 bits per heavy atom. The molecular weight excluding hydrogens is 201 g/mol. The summed E-state index contributed by atoms with van der Waals surface area (Å²) in [6, 6.07) is 0. The number of hydrogen-bond donors (Lipinski definition) is 0. The minimum Gasteiger partial charge on any atom is -0.343 e. The second-order valence-electron chi connectivity index (χ2n) is 2.91.